The molecule has 3 amide bonds. The molecule has 1 aromatic rings. The Kier molecular flexibility index (Phi) is 8.48. The van der Waals surface area contributed by atoms with E-state index >= 15 is 0 Å². The highest BCUT2D eigenvalue weighted by molar-refractivity contribution is 7.80. The van der Waals surface area contributed by atoms with Crippen LogP contribution >= 0.6 is 12.6 Å². The number of thiol groups is 1. The van der Waals surface area contributed by atoms with Gasteiger partial charge in [-0.3, -0.25) is 14.4 Å². The van der Waals surface area contributed by atoms with Crippen molar-refractivity contribution >= 4 is 36.3 Å². The highest BCUT2D eigenvalue weighted by Crippen LogP contribution is 2.20. The van der Waals surface area contributed by atoms with Gasteiger partial charge in [-0.25, -0.2) is 4.79 Å². The Morgan fingerprint density at radius 3 is 2.50 bits per heavy atom. The van der Waals surface area contributed by atoms with Gasteiger partial charge in [0.15, 0.2) is 0 Å². The maximum absolute atomic E-state index is 13.0. The molecule has 1 heterocycles. The molecule has 0 bridgehead atoms. The summed E-state index contributed by atoms with van der Waals surface area (Å²) in [6.45, 7) is -0.104. The quantitative estimate of drug-likeness (QED) is 0.266. The lowest BCUT2D eigenvalue weighted by molar-refractivity contribution is -0.149. The molecule has 0 aromatic heterocycles. The zero-order valence-electron chi connectivity index (χ0n) is 16.3. The van der Waals surface area contributed by atoms with Crippen LogP contribution in [0.2, 0.25) is 0 Å². The fourth-order valence-electron chi connectivity index (χ4n) is 3.18. The monoisotopic (exact) mass is 438 g/mol. The van der Waals surface area contributed by atoms with Crippen molar-refractivity contribution in [1.29, 1.82) is 0 Å². The van der Waals surface area contributed by atoms with Crippen LogP contribution in [0.25, 0.3) is 0 Å². The van der Waals surface area contributed by atoms with E-state index < -0.39 is 41.8 Å². The van der Waals surface area contributed by atoms with Crippen LogP contribution in [0.5, 0.6) is 5.75 Å². The fraction of sp³-hybridized carbons (Fsp3) is 0.474. The summed E-state index contributed by atoms with van der Waals surface area (Å²) < 4.78 is 0. The number of hydrogen-bond donors (Lipinski definition) is 6. The molecule has 1 aliphatic heterocycles. The van der Waals surface area contributed by atoms with E-state index in [4.69, 9.17) is 5.73 Å². The van der Waals surface area contributed by atoms with Crippen LogP contribution in [0.3, 0.4) is 0 Å². The third kappa shape index (κ3) is 6.36. The van der Waals surface area contributed by atoms with Gasteiger partial charge in [0.25, 0.3) is 0 Å². The number of aliphatic carboxylic acids is 1. The summed E-state index contributed by atoms with van der Waals surface area (Å²) in [5, 5.41) is 23.7. The summed E-state index contributed by atoms with van der Waals surface area (Å²) in [5.74, 6) is -2.60. The zero-order valence-corrected chi connectivity index (χ0v) is 17.2. The zero-order chi connectivity index (χ0) is 22.3. The topological polar surface area (TPSA) is 162 Å². The standard InChI is InChI=1S/C19H26N4O6S/c20-13(10-30)17(26)21-9-16(25)22-14(8-11-3-5-12(24)6-4-11)18(27)23-7-1-2-15(23)19(28)29/h3-6,13-15,24,30H,1-2,7-10,20H2,(H,21,26)(H,22,25)(H,28,29). The minimum atomic E-state index is -1.09. The van der Waals surface area contributed by atoms with Crippen LogP contribution in [-0.4, -0.2) is 75.8 Å². The van der Waals surface area contributed by atoms with Gasteiger partial charge in [-0.2, -0.15) is 12.6 Å². The Hall–Kier alpha value is -2.79. The van der Waals surface area contributed by atoms with Crippen molar-refractivity contribution in [3.8, 4) is 5.75 Å². The number of benzene rings is 1. The Labute approximate surface area is 179 Å². The molecule has 0 radical (unpaired) electrons. The molecule has 1 saturated heterocycles. The molecule has 10 nitrogen and oxygen atoms in total. The van der Waals surface area contributed by atoms with Crippen LogP contribution in [-0.2, 0) is 25.6 Å². The molecular formula is C19H26N4O6S. The number of carboxylic acids is 1. The van der Waals surface area contributed by atoms with Gasteiger partial charge >= 0.3 is 5.97 Å². The summed E-state index contributed by atoms with van der Waals surface area (Å²) in [7, 11) is 0. The van der Waals surface area contributed by atoms with Crippen molar-refractivity contribution in [3.63, 3.8) is 0 Å². The maximum atomic E-state index is 13.0. The molecule has 1 aromatic carbocycles. The maximum Gasteiger partial charge on any atom is 0.326 e. The van der Waals surface area contributed by atoms with E-state index in [-0.39, 0.29) is 31.0 Å². The van der Waals surface area contributed by atoms with Crippen molar-refractivity contribution < 1.29 is 29.4 Å². The van der Waals surface area contributed by atoms with Gasteiger partial charge in [0, 0.05) is 18.7 Å². The predicted molar refractivity (Wildman–Crippen MR) is 111 cm³/mol. The minimum absolute atomic E-state index is 0.0550. The molecule has 0 spiro atoms. The first-order valence-corrected chi connectivity index (χ1v) is 10.1. The number of likely N-dealkylation sites (tertiary alicyclic amines) is 1. The smallest absolute Gasteiger partial charge is 0.326 e. The van der Waals surface area contributed by atoms with Gasteiger partial charge in [-0.15, -0.1) is 0 Å². The summed E-state index contributed by atoms with van der Waals surface area (Å²) in [6.07, 6.45) is 0.997. The molecule has 2 rings (SSSR count). The van der Waals surface area contributed by atoms with Crippen LogP contribution in [0.1, 0.15) is 18.4 Å². The van der Waals surface area contributed by atoms with E-state index in [1.807, 2.05) is 0 Å². The summed E-state index contributed by atoms with van der Waals surface area (Å²) in [4.78, 5) is 49.8. The number of rotatable bonds is 9. The van der Waals surface area contributed by atoms with Gasteiger partial charge in [0.2, 0.25) is 17.7 Å². The number of carbonyl (C=O) groups excluding carboxylic acids is 3. The number of phenols is 1. The Morgan fingerprint density at radius 1 is 1.23 bits per heavy atom. The van der Waals surface area contributed by atoms with Crippen molar-refractivity contribution in [2.75, 3.05) is 18.8 Å². The average molecular weight is 439 g/mol. The molecule has 11 heteroatoms. The number of amides is 3. The molecular weight excluding hydrogens is 412 g/mol. The van der Waals surface area contributed by atoms with E-state index in [0.29, 0.717) is 18.4 Å². The van der Waals surface area contributed by atoms with Crippen LogP contribution in [0.4, 0.5) is 0 Å². The predicted octanol–water partition coefficient (Wildman–Crippen LogP) is -1.13. The third-order valence-corrected chi connectivity index (χ3v) is 5.18. The molecule has 0 saturated carbocycles. The number of hydrogen-bond acceptors (Lipinski definition) is 7. The molecule has 0 aliphatic carbocycles. The second kappa shape index (κ2) is 10.8. The van der Waals surface area contributed by atoms with Gasteiger partial charge < -0.3 is 31.5 Å². The van der Waals surface area contributed by atoms with Crippen LogP contribution in [0, 0.1) is 0 Å². The van der Waals surface area contributed by atoms with E-state index in [0.717, 1.165) is 0 Å². The van der Waals surface area contributed by atoms with E-state index in [2.05, 4.69) is 23.3 Å². The summed E-state index contributed by atoms with van der Waals surface area (Å²) in [5.41, 5.74) is 6.20. The first kappa shape index (κ1) is 23.5. The normalized spacial score (nSPS) is 17.8. The minimum Gasteiger partial charge on any atom is -0.508 e. The Balaban J connectivity index is 2.11. The number of carbonyl (C=O) groups is 4. The molecule has 3 unspecified atom stereocenters. The molecule has 1 aliphatic rings. The third-order valence-electron chi connectivity index (χ3n) is 4.79. The number of nitrogens with zero attached hydrogens (tertiary/aromatic N) is 1. The van der Waals surface area contributed by atoms with Crippen LogP contribution < -0.4 is 16.4 Å². The van der Waals surface area contributed by atoms with Gasteiger partial charge in [0.05, 0.1) is 12.6 Å². The second-order valence-corrected chi connectivity index (χ2v) is 7.39. The van der Waals surface area contributed by atoms with Crippen molar-refractivity contribution in [2.45, 2.75) is 37.4 Å². The van der Waals surface area contributed by atoms with Gasteiger partial charge in [0.1, 0.15) is 17.8 Å². The number of phenolic OH excluding ortho intramolecular Hbond substituents is 1. The lowest BCUT2D eigenvalue weighted by Crippen LogP contribution is -2.54. The highest BCUT2D eigenvalue weighted by Gasteiger charge is 2.37. The van der Waals surface area contributed by atoms with Gasteiger partial charge in [-0.05, 0) is 30.5 Å². The fourth-order valence-corrected chi connectivity index (χ4v) is 3.35. The Bertz CT molecular complexity index is 788. The van der Waals surface area contributed by atoms with Crippen LogP contribution in [0.15, 0.2) is 24.3 Å². The average Bonchev–Trinajstić information content (AvgIpc) is 3.22. The molecule has 164 valence electrons. The molecule has 6 N–H and O–H groups in total. The highest BCUT2D eigenvalue weighted by atomic mass is 32.1. The van der Waals surface area contributed by atoms with Crippen molar-refractivity contribution in [2.24, 2.45) is 5.73 Å². The molecule has 1 fully saturated rings. The van der Waals surface area contributed by atoms with E-state index in [9.17, 15) is 29.4 Å². The Morgan fingerprint density at radius 2 is 1.90 bits per heavy atom. The van der Waals surface area contributed by atoms with E-state index in [1.165, 1.54) is 17.0 Å². The van der Waals surface area contributed by atoms with Crippen molar-refractivity contribution in [1.82, 2.24) is 15.5 Å². The number of carboxylic acid groups (broad SMARTS) is 1. The first-order valence-electron chi connectivity index (χ1n) is 9.47. The van der Waals surface area contributed by atoms with Gasteiger partial charge in [-0.1, -0.05) is 12.1 Å². The number of aromatic hydroxyl groups is 1. The van der Waals surface area contributed by atoms with Crippen molar-refractivity contribution in [3.05, 3.63) is 29.8 Å². The second-order valence-electron chi connectivity index (χ2n) is 7.03. The lowest BCUT2D eigenvalue weighted by Gasteiger charge is -2.27. The summed E-state index contributed by atoms with van der Waals surface area (Å²) in [6, 6.07) is 3.28. The number of nitrogens with one attached hydrogen (secondary N) is 2. The number of nitrogens with two attached hydrogens (primary N) is 1. The SMILES string of the molecule is NC(CS)C(=O)NCC(=O)NC(Cc1ccc(O)cc1)C(=O)N1CCCC1C(=O)O. The first-order chi connectivity index (χ1) is 14.2. The lowest BCUT2D eigenvalue weighted by atomic mass is 10.0. The van der Waals surface area contributed by atoms with E-state index in [1.54, 1.807) is 12.1 Å². The molecule has 30 heavy (non-hydrogen) atoms. The molecule has 3 atom stereocenters. The summed E-state index contributed by atoms with van der Waals surface area (Å²) >= 11 is 3.92. The largest absolute Gasteiger partial charge is 0.508 e.